The highest BCUT2D eigenvalue weighted by Gasteiger charge is 2.39. The standard InChI is InChI=1S/C18H27FN2/c1-12(2)18-10-20-17(14-7-8-14)11-21(18)13(3)15-5-4-6-16(19)9-15/h4-6,9,12-14,17-18,20H,7-8,10-11H2,1-3H3. The van der Waals surface area contributed by atoms with Crippen LogP contribution in [0.3, 0.4) is 0 Å². The number of rotatable bonds is 4. The van der Waals surface area contributed by atoms with Gasteiger partial charge in [0.1, 0.15) is 5.82 Å². The third-order valence-electron chi connectivity index (χ3n) is 5.21. The van der Waals surface area contributed by atoms with Crippen molar-refractivity contribution in [3.63, 3.8) is 0 Å². The summed E-state index contributed by atoms with van der Waals surface area (Å²) in [6, 6.07) is 8.52. The first-order chi connectivity index (χ1) is 10.1. The van der Waals surface area contributed by atoms with Gasteiger partial charge in [-0.15, -0.1) is 0 Å². The summed E-state index contributed by atoms with van der Waals surface area (Å²) < 4.78 is 13.5. The van der Waals surface area contributed by atoms with E-state index in [1.54, 1.807) is 6.07 Å². The highest BCUT2D eigenvalue weighted by atomic mass is 19.1. The molecule has 2 fully saturated rings. The van der Waals surface area contributed by atoms with Gasteiger partial charge in [-0.1, -0.05) is 26.0 Å². The summed E-state index contributed by atoms with van der Waals surface area (Å²) in [6.45, 7) is 8.94. The van der Waals surface area contributed by atoms with Crippen LogP contribution in [-0.2, 0) is 0 Å². The summed E-state index contributed by atoms with van der Waals surface area (Å²) in [6.07, 6.45) is 2.73. The summed E-state index contributed by atoms with van der Waals surface area (Å²) in [5.74, 6) is 1.34. The highest BCUT2D eigenvalue weighted by molar-refractivity contribution is 5.20. The second-order valence-electron chi connectivity index (χ2n) is 7.09. The van der Waals surface area contributed by atoms with Gasteiger partial charge in [-0.25, -0.2) is 4.39 Å². The van der Waals surface area contributed by atoms with E-state index in [4.69, 9.17) is 0 Å². The average molecular weight is 290 g/mol. The van der Waals surface area contributed by atoms with Crippen molar-refractivity contribution in [1.29, 1.82) is 0 Å². The van der Waals surface area contributed by atoms with Crippen LogP contribution >= 0.6 is 0 Å². The van der Waals surface area contributed by atoms with Gasteiger partial charge in [-0.2, -0.15) is 0 Å². The molecule has 1 N–H and O–H groups in total. The smallest absolute Gasteiger partial charge is 0.123 e. The van der Waals surface area contributed by atoms with E-state index in [0.29, 0.717) is 18.0 Å². The maximum absolute atomic E-state index is 13.5. The molecule has 3 atom stereocenters. The Morgan fingerprint density at radius 2 is 2.00 bits per heavy atom. The Morgan fingerprint density at radius 3 is 2.62 bits per heavy atom. The molecular formula is C18H27FN2. The molecule has 0 bridgehead atoms. The maximum atomic E-state index is 13.5. The lowest BCUT2D eigenvalue weighted by Crippen LogP contribution is -2.59. The largest absolute Gasteiger partial charge is 0.311 e. The third kappa shape index (κ3) is 3.29. The van der Waals surface area contributed by atoms with E-state index < -0.39 is 0 Å². The lowest BCUT2D eigenvalue weighted by Gasteiger charge is -2.46. The van der Waals surface area contributed by atoms with E-state index in [1.165, 1.54) is 18.9 Å². The SMILES string of the molecule is CC(C)C1CNC(C2CC2)CN1C(C)c1cccc(F)c1. The van der Waals surface area contributed by atoms with Gasteiger partial charge in [0.25, 0.3) is 0 Å². The number of halogens is 1. The Morgan fingerprint density at radius 1 is 1.24 bits per heavy atom. The van der Waals surface area contributed by atoms with Crippen LogP contribution in [-0.4, -0.2) is 30.1 Å². The number of piperazine rings is 1. The zero-order chi connectivity index (χ0) is 15.0. The topological polar surface area (TPSA) is 15.3 Å². The quantitative estimate of drug-likeness (QED) is 0.911. The number of hydrogen-bond acceptors (Lipinski definition) is 2. The van der Waals surface area contributed by atoms with Gasteiger partial charge in [0.05, 0.1) is 0 Å². The minimum Gasteiger partial charge on any atom is -0.311 e. The molecule has 1 heterocycles. The van der Waals surface area contributed by atoms with Gasteiger partial charge < -0.3 is 5.32 Å². The van der Waals surface area contributed by atoms with E-state index >= 15 is 0 Å². The molecule has 2 aliphatic rings. The fraction of sp³-hybridized carbons (Fsp3) is 0.667. The maximum Gasteiger partial charge on any atom is 0.123 e. The second kappa shape index (κ2) is 6.05. The molecule has 0 radical (unpaired) electrons. The molecule has 2 nitrogen and oxygen atoms in total. The van der Waals surface area contributed by atoms with Crippen LogP contribution in [0, 0.1) is 17.7 Å². The monoisotopic (exact) mass is 290 g/mol. The van der Waals surface area contributed by atoms with Crippen LogP contribution < -0.4 is 5.32 Å². The fourth-order valence-electron chi connectivity index (χ4n) is 3.65. The molecule has 0 spiro atoms. The predicted octanol–water partition coefficient (Wildman–Crippen LogP) is 3.60. The molecule has 3 rings (SSSR count). The Bertz CT molecular complexity index is 484. The molecule has 1 saturated heterocycles. The first-order valence-corrected chi connectivity index (χ1v) is 8.31. The van der Waals surface area contributed by atoms with Crippen molar-refractivity contribution in [3.05, 3.63) is 35.6 Å². The Hall–Kier alpha value is -0.930. The van der Waals surface area contributed by atoms with Crippen LogP contribution in [0.25, 0.3) is 0 Å². The highest BCUT2D eigenvalue weighted by Crippen LogP contribution is 2.37. The van der Waals surface area contributed by atoms with Gasteiger partial charge >= 0.3 is 0 Å². The molecular weight excluding hydrogens is 263 g/mol. The molecule has 116 valence electrons. The molecule has 1 aliphatic heterocycles. The van der Waals surface area contributed by atoms with Gasteiger partial charge in [0.2, 0.25) is 0 Å². The Labute approximate surface area is 127 Å². The summed E-state index contributed by atoms with van der Waals surface area (Å²) in [5.41, 5.74) is 1.09. The molecule has 0 amide bonds. The first-order valence-electron chi connectivity index (χ1n) is 8.31. The van der Waals surface area contributed by atoms with Crippen molar-refractivity contribution in [3.8, 4) is 0 Å². The summed E-state index contributed by atoms with van der Waals surface area (Å²) in [4.78, 5) is 2.60. The van der Waals surface area contributed by atoms with E-state index in [9.17, 15) is 4.39 Å². The van der Waals surface area contributed by atoms with E-state index in [2.05, 4.69) is 37.1 Å². The third-order valence-corrected chi connectivity index (χ3v) is 5.21. The van der Waals surface area contributed by atoms with Crippen molar-refractivity contribution >= 4 is 0 Å². The molecule has 3 unspecified atom stereocenters. The first kappa shape index (κ1) is 15.0. The van der Waals surface area contributed by atoms with Crippen molar-refractivity contribution in [2.24, 2.45) is 11.8 Å². The molecule has 1 aliphatic carbocycles. The van der Waals surface area contributed by atoms with Crippen LogP contribution in [0.2, 0.25) is 0 Å². The van der Waals surface area contributed by atoms with E-state index in [1.807, 2.05) is 6.07 Å². The van der Waals surface area contributed by atoms with Crippen molar-refractivity contribution in [1.82, 2.24) is 10.2 Å². The minimum absolute atomic E-state index is 0.130. The summed E-state index contributed by atoms with van der Waals surface area (Å²) >= 11 is 0. The Balaban J connectivity index is 1.80. The van der Waals surface area contributed by atoms with Gasteiger partial charge in [-0.05, 0) is 49.3 Å². The second-order valence-corrected chi connectivity index (χ2v) is 7.09. The van der Waals surface area contributed by atoms with Gasteiger partial charge in [0.15, 0.2) is 0 Å². The zero-order valence-electron chi connectivity index (χ0n) is 13.3. The summed E-state index contributed by atoms with van der Waals surface area (Å²) in [5, 5.41) is 3.74. The lowest BCUT2D eigenvalue weighted by atomic mass is 9.93. The van der Waals surface area contributed by atoms with Crippen LogP contribution in [0.15, 0.2) is 24.3 Å². The van der Waals surface area contributed by atoms with Gasteiger partial charge in [0, 0.05) is 31.2 Å². The zero-order valence-corrected chi connectivity index (χ0v) is 13.3. The molecule has 0 aromatic heterocycles. The fourth-order valence-corrected chi connectivity index (χ4v) is 3.65. The summed E-state index contributed by atoms with van der Waals surface area (Å²) in [7, 11) is 0. The van der Waals surface area contributed by atoms with Crippen LogP contribution in [0.5, 0.6) is 0 Å². The van der Waals surface area contributed by atoms with Gasteiger partial charge in [-0.3, -0.25) is 4.90 Å². The number of hydrogen-bond donors (Lipinski definition) is 1. The van der Waals surface area contributed by atoms with Crippen molar-refractivity contribution in [2.45, 2.75) is 51.7 Å². The molecule has 21 heavy (non-hydrogen) atoms. The van der Waals surface area contributed by atoms with E-state index in [0.717, 1.165) is 24.6 Å². The number of nitrogens with zero attached hydrogens (tertiary/aromatic N) is 1. The van der Waals surface area contributed by atoms with Crippen LogP contribution in [0.4, 0.5) is 4.39 Å². The molecule has 1 aromatic rings. The number of benzene rings is 1. The average Bonchev–Trinajstić information content (AvgIpc) is 3.30. The predicted molar refractivity (Wildman–Crippen MR) is 84.7 cm³/mol. The molecule has 1 saturated carbocycles. The normalized spacial score (nSPS) is 28.8. The van der Waals surface area contributed by atoms with Crippen molar-refractivity contribution in [2.75, 3.05) is 13.1 Å². The molecule has 3 heteroatoms. The van der Waals surface area contributed by atoms with E-state index in [-0.39, 0.29) is 11.9 Å². The lowest BCUT2D eigenvalue weighted by molar-refractivity contribution is 0.0568. The Kier molecular flexibility index (Phi) is 4.32. The minimum atomic E-state index is -0.130. The number of nitrogens with one attached hydrogen (secondary N) is 1. The van der Waals surface area contributed by atoms with Crippen molar-refractivity contribution < 1.29 is 4.39 Å². The van der Waals surface area contributed by atoms with Crippen LogP contribution in [0.1, 0.15) is 45.2 Å². The molecule has 1 aromatic carbocycles.